The van der Waals surface area contributed by atoms with Crippen LogP contribution in [0, 0.1) is 0 Å². The Morgan fingerprint density at radius 1 is 1.18 bits per heavy atom. The molecule has 0 saturated heterocycles. The highest BCUT2D eigenvalue weighted by Gasteiger charge is 2.26. The van der Waals surface area contributed by atoms with Crippen molar-refractivity contribution in [3.63, 3.8) is 0 Å². The number of hydrogen-bond acceptors (Lipinski definition) is 5. The molecule has 0 unspecified atom stereocenters. The Labute approximate surface area is 170 Å². The number of anilines is 1. The summed E-state index contributed by atoms with van der Waals surface area (Å²) in [5.41, 5.74) is 3.79. The lowest BCUT2D eigenvalue weighted by molar-refractivity contribution is 0.102. The second kappa shape index (κ2) is 7.07. The number of amides is 1. The Kier molecular flexibility index (Phi) is 4.41. The summed E-state index contributed by atoms with van der Waals surface area (Å²) in [7, 11) is 0. The maximum Gasteiger partial charge on any atom is 0.256 e. The van der Waals surface area contributed by atoms with Crippen LogP contribution < -0.4 is 5.32 Å². The van der Waals surface area contributed by atoms with Crippen LogP contribution in [-0.2, 0) is 12.8 Å². The molecule has 2 heterocycles. The molecule has 2 aromatic carbocycles. The molecule has 7 heteroatoms. The van der Waals surface area contributed by atoms with E-state index >= 15 is 0 Å². The maximum absolute atomic E-state index is 13.0. The molecule has 0 radical (unpaired) electrons. The number of aryl methyl sites for hydroxylation is 1. The average Bonchev–Trinajstić information content (AvgIpc) is 3.43. The zero-order valence-corrected chi connectivity index (χ0v) is 16.9. The van der Waals surface area contributed by atoms with E-state index in [0.717, 1.165) is 56.6 Å². The van der Waals surface area contributed by atoms with Gasteiger partial charge in [0, 0.05) is 16.0 Å². The molecule has 2 aromatic heterocycles. The first-order valence-corrected chi connectivity index (χ1v) is 11.2. The first kappa shape index (κ1) is 17.5. The molecule has 1 amide bonds. The first-order valence-electron chi connectivity index (χ1n) is 9.15. The fourth-order valence-electron chi connectivity index (χ4n) is 3.55. The maximum atomic E-state index is 13.0. The molecule has 1 aliphatic rings. The summed E-state index contributed by atoms with van der Waals surface area (Å²) >= 11 is 3.21. The van der Waals surface area contributed by atoms with Crippen molar-refractivity contribution in [1.29, 1.82) is 0 Å². The number of nitrogens with one attached hydrogen (secondary N) is 1. The second-order valence-corrected chi connectivity index (χ2v) is 8.58. The van der Waals surface area contributed by atoms with Crippen LogP contribution in [0.4, 0.5) is 5.82 Å². The third-order valence-corrected chi connectivity index (χ3v) is 6.67. The molecule has 4 aromatic rings. The average molecular weight is 407 g/mol. The number of hydrogen-bond donors (Lipinski definition) is 1. The Hall–Kier alpha value is -2.64. The van der Waals surface area contributed by atoms with E-state index in [2.05, 4.69) is 11.4 Å². The van der Waals surface area contributed by atoms with Gasteiger partial charge in [0.05, 0.1) is 15.9 Å². The Bertz CT molecular complexity index is 1160. The third-order valence-electron chi connectivity index (χ3n) is 4.93. The standard InChI is InChI=1S/C21H18N4OS2/c1-27-14-7-4-6-13(12-14)20(26)23-19-15-8-5-10-16(15)24-25(19)21-22-17-9-2-3-11-18(17)28-21/h2-4,6-7,9,11-12H,5,8,10H2,1H3,(H,23,26). The lowest BCUT2D eigenvalue weighted by atomic mass is 10.2. The topological polar surface area (TPSA) is 59.8 Å². The minimum absolute atomic E-state index is 0.118. The highest BCUT2D eigenvalue weighted by molar-refractivity contribution is 7.98. The largest absolute Gasteiger partial charge is 0.306 e. The lowest BCUT2D eigenvalue weighted by Gasteiger charge is -2.09. The van der Waals surface area contributed by atoms with Crippen LogP contribution >= 0.6 is 23.1 Å². The molecule has 1 N–H and O–H groups in total. The number of para-hydroxylation sites is 1. The van der Waals surface area contributed by atoms with Crippen LogP contribution in [0.15, 0.2) is 53.4 Å². The van der Waals surface area contributed by atoms with Crippen molar-refractivity contribution in [3.8, 4) is 5.13 Å². The molecule has 0 fully saturated rings. The molecule has 0 atom stereocenters. The zero-order valence-electron chi connectivity index (χ0n) is 15.3. The summed E-state index contributed by atoms with van der Waals surface area (Å²) < 4.78 is 2.92. The number of thioether (sulfide) groups is 1. The number of fused-ring (bicyclic) bond motifs is 2. The molecular formula is C21H18N4OS2. The van der Waals surface area contributed by atoms with Gasteiger partial charge in [-0.2, -0.15) is 9.78 Å². The van der Waals surface area contributed by atoms with E-state index in [9.17, 15) is 4.79 Å². The van der Waals surface area contributed by atoms with Gasteiger partial charge >= 0.3 is 0 Å². The fourth-order valence-corrected chi connectivity index (χ4v) is 4.94. The quantitative estimate of drug-likeness (QED) is 0.488. The lowest BCUT2D eigenvalue weighted by Crippen LogP contribution is -2.16. The van der Waals surface area contributed by atoms with Gasteiger partial charge in [-0.15, -0.1) is 11.8 Å². The molecule has 140 valence electrons. The normalized spacial score (nSPS) is 13.0. The van der Waals surface area contributed by atoms with Gasteiger partial charge in [-0.3, -0.25) is 4.79 Å². The van der Waals surface area contributed by atoms with Crippen molar-refractivity contribution in [3.05, 3.63) is 65.4 Å². The zero-order chi connectivity index (χ0) is 19.1. The van der Waals surface area contributed by atoms with Gasteiger partial charge < -0.3 is 5.32 Å². The number of benzene rings is 2. The minimum atomic E-state index is -0.118. The van der Waals surface area contributed by atoms with Gasteiger partial charge in [0.2, 0.25) is 5.13 Å². The van der Waals surface area contributed by atoms with Gasteiger partial charge in [0.15, 0.2) is 0 Å². The second-order valence-electron chi connectivity index (χ2n) is 6.69. The number of aromatic nitrogens is 3. The first-order chi connectivity index (χ1) is 13.7. The van der Waals surface area contributed by atoms with Crippen molar-refractivity contribution < 1.29 is 4.79 Å². The smallest absolute Gasteiger partial charge is 0.256 e. The predicted octanol–water partition coefficient (Wildman–Crippen LogP) is 4.94. The molecule has 1 aliphatic carbocycles. The van der Waals surface area contributed by atoms with Gasteiger partial charge in [-0.25, -0.2) is 4.98 Å². The molecular weight excluding hydrogens is 388 g/mol. The van der Waals surface area contributed by atoms with Gasteiger partial charge in [-0.1, -0.05) is 29.5 Å². The molecule has 0 aliphatic heterocycles. The van der Waals surface area contributed by atoms with Crippen molar-refractivity contribution in [2.45, 2.75) is 24.2 Å². The van der Waals surface area contributed by atoms with E-state index in [0.29, 0.717) is 5.56 Å². The Morgan fingerprint density at radius 3 is 2.93 bits per heavy atom. The SMILES string of the molecule is CSc1cccc(C(=O)Nc2c3c(nn2-c2nc4ccccc4s2)CCC3)c1. The summed E-state index contributed by atoms with van der Waals surface area (Å²) in [4.78, 5) is 18.8. The number of thiazole rings is 1. The van der Waals surface area contributed by atoms with Crippen LogP contribution in [0.5, 0.6) is 0 Å². The van der Waals surface area contributed by atoms with E-state index in [4.69, 9.17) is 10.1 Å². The van der Waals surface area contributed by atoms with E-state index < -0.39 is 0 Å². The van der Waals surface area contributed by atoms with E-state index in [1.54, 1.807) is 23.1 Å². The highest BCUT2D eigenvalue weighted by atomic mass is 32.2. The van der Waals surface area contributed by atoms with Crippen molar-refractivity contribution in [1.82, 2.24) is 14.8 Å². The molecule has 5 nitrogen and oxygen atoms in total. The minimum Gasteiger partial charge on any atom is -0.306 e. The van der Waals surface area contributed by atoms with Crippen LogP contribution in [0.1, 0.15) is 28.0 Å². The summed E-state index contributed by atoms with van der Waals surface area (Å²) in [6.45, 7) is 0. The van der Waals surface area contributed by atoms with Crippen molar-refractivity contribution >= 4 is 45.0 Å². The van der Waals surface area contributed by atoms with Crippen LogP contribution in [0.2, 0.25) is 0 Å². The Morgan fingerprint density at radius 2 is 2.07 bits per heavy atom. The number of nitrogens with zero attached hydrogens (tertiary/aromatic N) is 3. The summed E-state index contributed by atoms with van der Waals surface area (Å²) in [6, 6.07) is 15.7. The van der Waals surface area contributed by atoms with Crippen LogP contribution in [0.3, 0.4) is 0 Å². The van der Waals surface area contributed by atoms with Crippen molar-refractivity contribution in [2.75, 3.05) is 11.6 Å². The summed E-state index contributed by atoms with van der Waals surface area (Å²) in [6.07, 6.45) is 4.95. The van der Waals surface area contributed by atoms with Gasteiger partial charge in [-0.05, 0) is 55.9 Å². The molecule has 0 spiro atoms. The summed E-state index contributed by atoms with van der Waals surface area (Å²) in [5, 5.41) is 8.68. The molecule has 5 rings (SSSR count). The molecule has 0 bridgehead atoms. The number of rotatable bonds is 4. The van der Waals surface area contributed by atoms with Crippen LogP contribution in [0.25, 0.3) is 15.3 Å². The number of carbonyl (C=O) groups is 1. The third kappa shape index (κ3) is 3.00. The van der Waals surface area contributed by atoms with E-state index in [-0.39, 0.29) is 5.91 Å². The van der Waals surface area contributed by atoms with E-state index in [1.807, 2.05) is 53.4 Å². The van der Waals surface area contributed by atoms with E-state index in [1.165, 1.54) is 0 Å². The Balaban J connectivity index is 1.56. The van der Waals surface area contributed by atoms with Crippen LogP contribution in [-0.4, -0.2) is 26.9 Å². The van der Waals surface area contributed by atoms with Crippen molar-refractivity contribution in [2.24, 2.45) is 0 Å². The molecule has 0 saturated carbocycles. The molecule has 28 heavy (non-hydrogen) atoms. The number of carbonyl (C=O) groups excluding carboxylic acids is 1. The van der Waals surface area contributed by atoms with Gasteiger partial charge in [0.1, 0.15) is 5.82 Å². The summed E-state index contributed by atoms with van der Waals surface area (Å²) in [5.74, 6) is 0.638. The monoisotopic (exact) mass is 406 g/mol. The highest BCUT2D eigenvalue weighted by Crippen LogP contribution is 2.34. The fraction of sp³-hybridized carbons (Fsp3) is 0.190. The van der Waals surface area contributed by atoms with Gasteiger partial charge in [0.25, 0.3) is 5.91 Å². The predicted molar refractivity (Wildman–Crippen MR) is 115 cm³/mol.